The summed E-state index contributed by atoms with van der Waals surface area (Å²) in [6.07, 6.45) is 4.41. The van der Waals surface area contributed by atoms with Gasteiger partial charge in [0.1, 0.15) is 6.10 Å². The standard InChI is InChI=1S/C12H22N2O/c1-12(2,3)7-11-14-9-6-8(13)4-5-10(9)15-11/h8-10H,4-7,13H2,1-3H3. The van der Waals surface area contributed by atoms with Crippen LogP contribution in [0.3, 0.4) is 0 Å². The number of ether oxygens (including phenoxy) is 1. The van der Waals surface area contributed by atoms with Crippen LogP contribution in [-0.4, -0.2) is 24.1 Å². The molecule has 2 N–H and O–H groups in total. The van der Waals surface area contributed by atoms with E-state index in [4.69, 9.17) is 10.5 Å². The molecule has 15 heavy (non-hydrogen) atoms. The molecule has 2 rings (SSSR count). The number of nitrogens with two attached hydrogens (primary N) is 1. The molecule has 0 aromatic heterocycles. The normalized spacial score (nSPS) is 35.7. The second-order valence-electron chi connectivity index (χ2n) is 6.06. The molecule has 3 atom stereocenters. The Kier molecular flexibility index (Phi) is 2.75. The maximum atomic E-state index is 5.94. The quantitative estimate of drug-likeness (QED) is 0.720. The number of fused-ring (bicyclic) bond motifs is 1. The van der Waals surface area contributed by atoms with Crippen LogP contribution in [0.4, 0.5) is 0 Å². The van der Waals surface area contributed by atoms with Crippen LogP contribution in [0.1, 0.15) is 46.5 Å². The van der Waals surface area contributed by atoms with Crippen molar-refractivity contribution in [1.29, 1.82) is 0 Å². The van der Waals surface area contributed by atoms with Gasteiger partial charge in [0.25, 0.3) is 0 Å². The van der Waals surface area contributed by atoms with Crippen molar-refractivity contribution in [1.82, 2.24) is 0 Å². The molecule has 1 fully saturated rings. The number of nitrogens with zero attached hydrogens (tertiary/aromatic N) is 1. The van der Waals surface area contributed by atoms with E-state index >= 15 is 0 Å². The van der Waals surface area contributed by atoms with Crippen molar-refractivity contribution < 1.29 is 4.74 Å². The number of aliphatic imine (C=N–C) groups is 1. The third-order valence-electron chi connectivity index (χ3n) is 3.07. The SMILES string of the molecule is CC(C)(C)CC1=NC2CC(N)CCC2O1. The Labute approximate surface area is 92.1 Å². The van der Waals surface area contributed by atoms with E-state index in [0.29, 0.717) is 18.2 Å². The summed E-state index contributed by atoms with van der Waals surface area (Å²) < 4.78 is 5.88. The molecule has 3 nitrogen and oxygen atoms in total. The highest BCUT2D eigenvalue weighted by Gasteiger charge is 2.36. The predicted octanol–water partition coefficient (Wildman–Crippen LogP) is 2.10. The Balaban J connectivity index is 1.97. The van der Waals surface area contributed by atoms with Gasteiger partial charge < -0.3 is 10.5 Å². The van der Waals surface area contributed by atoms with Crippen molar-refractivity contribution in [2.24, 2.45) is 16.1 Å². The fourth-order valence-electron chi connectivity index (χ4n) is 2.35. The molecular formula is C12H22N2O. The van der Waals surface area contributed by atoms with Crippen molar-refractivity contribution in [2.75, 3.05) is 0 Å². The zero-order valence-electron chi connectivity index (χ0n) is 9.99. The molecule has 3 heteroatoms. The van der Waals surface area contributed by atoms with Crippen LogP contribution in [0.5, 0.6) is 0 Å². The average Bonchev–Trinajstić information content (AvgIpc) is 2.42. The van der Waals surface area contributed by atoms with Gasteiger partial charge in [0.15, 0.2) is 5.90 Å². The summed E-state index contributed by atoms with van der Waals surface area (Å²) in [6.45, 7) is 6.64. The lowest BCUT2D eigenvalue weighted by Gasteiger charge is -2.27. The van der Waals surface area contributed by atoms with Crippen molar-refractivity contribution >= 4 is 5.90 Å². The molecule has 3 unspecified atom stereocenters. The summed E-state index contributed by atoms with van der Waals surface area (Å²) >= 11 is 0. The lowest BCUT2D eigenvalue weighted by molar-refractivity contribution is 0.138. The highest BCUT2D eigenvalue weighted by atomic mass is 16.5. The van der Waals surface area contributed by atoms with E-state index < -0.39 is 0 Å². The molecule has 86 valence electrons. The van der Waals surface area contributed by atoms with Crippen LogP contribution in [-0.2, 0) is 4.74 Å². The summed E-state index contributed by atoms with van der Waals surface area (Å²) in [4.78, 5) is 4.66. The number of hydrogen-bond acceptors (Lipinski definition) is 3. The van der Waals surface area contributed by atoms with Crippen LogP contribution in [0.2, 0.25) is 0 Å². The van der Waals surface area contributed by atoms with E-state index in [2.05, 4.69) is 25.8 Å². The fraction of sp³-hybridized carbons (Fsp3) is 0.917. The molecule has 0 saturated heterocycles. The third kappa shape index (κ3) is 2.71. The van der Waals surface area contributed by atoms with Crippen LogP contribution in [0, 0.1) is 5.41 Å². The first-order valence-electron chi connectivity index (χ1n) is 5.93. The first-order valence-corrected chi connectivity index (χ1v) is 5.93. The summed E-state index contributed by atoms with van der Waals surface area (Å²) in [5.41, 5.74) is 6.20. The maximum absolute atomic E-state index is 5.94. The van der Waals surface area contributed by atoms with Crippen molar-refractivity contribution in [3.63, 3.8) is 0 Å². The van der Waals surface area contributed by atoms with Gasteiger partial charge in [0.2, 0.25) is 0 Å². The molecule has 1 heterocycles. The van der Waals surface area contributed by atoms with E-state index in [1.807, 2.05) is 0 Å². The topological polar surface area (TPSA) is 47.6 Å². The Morgan fingerprint density at radius 1 is 1.40 bits per heavy atom. The van der Waals surface area contributed by atoms with Gasteiger partial charge in [0.05, 0.1) is 6.04 Å². The molecule has 0 bridgehead atoms. The van der Waals surface area contributed by atoms with Gasteiger partial charge in [-0.15, -0.1) is 0 Å². The fourth-order valence-corrected chi connectivity index (χ4v) is 2.35. The largest absolute Gasteiger partial charge is 0.475 e. The van der Waals surface area contributed by atoms with Gasteiger partial charge in [-0.1, -0.05) is 20.8 Å². The number of rotatable bonds is 1. The minimum absolute atomic E-state index is 0.258. The summed E-state index contributed by atoms with van der Waals surface area (Å²) in [7, 11) is 0. The highest BCUT2D eigenvalue weighted by Crippen LogP contribution is 2.31. The molecule has 0 aromatic carbocycles. The molecule has 1 aliphatic carbocycles. The zero-order valence-corrected chi connectivity index (χ0v) is 9.99. The molecule has 0 aromatic rings. The Bertz CT molecular complexity index is 267. The van der Waals surface area contributed by atoms with Gasteiger partial charge >= 0.3 is 0 Å². The van der Waals surface area contributed by atoms with E-state index in [1.54, 1.807) is 0 Å². The predicted molar refractivity (Wildman–Crippen MR) is 62.0 cm³/mol. The minimum Gasteiger partial charge on any atom is -0.475 e. The van der Waals surface area contributed by atoms with Crippen molar-refractivity contribution in [3.8, 4) is 0 Å². The molecule has 0 radical (unpaired) electrons. The monoisotopic (exact) mass is 210 g/mol. The first-order chi connectivity index (χ1) is 6.94. The van der Waals surface area contributed by atoms with Crippen LogP contribution in [0.25, 0.3) is 0 Å². The highest BCUT2D eigenvalue weighted by molar-refractivity contribution is 5.78. The van der Waals surface area contributed by atoms with Crippen LogP contribution in [0.15, 0.2) is 4.99 Å². The number of hydrogen-bond donors (Lipinski definition) is 1. The zero-order chi connectivity index (χ0) is 11.1. The smallest absolute Gasteiger partial charge is 0.184 e. The Morgan fingerprint density at radius 2 is 2.13 bits per heavy atom. The van der Waals surface area contributed by atoms with Gasteiger partial charge in [-0.2, -0.15) is 0 Å². The summed E-state index contributed by atoms with van der Waals surface area (Å²) in [5, 5.41) is 0. The van der Waals surface area contributed by atoms with Crippen molar-refractivity contribution in [3.05, 3.63) is 0 Å². The molecule has 1 aliphatic heterocycles. The van der Waals surface area contributed by atoms with E-state index in [-0.39, 0.29) is 5.41 Å². The lowest BCUT2D eigenvalue weighted by atomic mass is 9.90. The second kappa shape index (κ2) is 3.78. The van der Waals surface area contributed by atoms with Crippen molar-refractivity contribution in [2.45, 2.75) is 64.6 Å². The lowest BCUT2D eigenvalue weighted by Crippen LogP contribution is -2.37. The van der Waals surface area contributed by atoms with Crippen LogP contribution < -0.4 is 5.73 Å². The summed E-state index contributed by atoms with van der Waals surface area (Å²) in [5.74, 6) is 0.951. The van der Waals surface area contributed by atoms with E-state index in [9.17, 15) is 0 Å². The van der Waals surface area contributed by atoms with Crippen LogP contribution >= 0.6 is 0 Å². The summed E-state index contributed by atoms with van der Waals surface area (Å²) in [6, 6.07) is 0.665. The van der Waals surface area contributed by atoms with Gasteiger partial charge in [-0.3, -0.25) is 0 Å². The van der Waals surface area contributed by atoms with Gasteiger partial charge in [-0.05, 0) is 24.7 Å². The Hall–Kier alpha value is -0.570. The van der Waals surface area contributed by atoms with E-state index in [1.165, 1.54) is 0 Å². The second-order valence-corrected chi connectivity index (χ2v) is 6.06. The first kappa shape index (κ1) is 10.9. The average molecular weight is 210 g/mol. The molecule has 2 aliphatic rings. The molecule has 0 amide bonds. The van der Waals surface area contributed by atoms with E-state index in [0.717, 1.165) is 31.6 Å². The van der Waals surface area contributed by atoms with Gasteiger partial charge in [-0.25, -0.2) is 4.99 Å². The maximum Gasteiger partial charge on any atom is 0.184 e. The molecule has 1 saturated carbocycles. The molecule has 0 spiro atoms. The minimum atomic E-state index is 0.258. The Morgan fingerprint density at radius 3 is 2.80 bits per heavy atom. The van der Waals surface area contributed by atoms with Gasteiger partial charge in [0, 0.05) is 12.5 Å². The third-order valence-corrected chi connectivity index (χ3v) is 3.07. The molecular weight excluding hydrogens is 188 g/mol.